The van der Waals surface area contributed by atoms with Crippen LogP contribution in [0, 0.1) is 11.8 Å². The fourth-order valence-electron chi connectivity index (χ4n) is 3.78. The first-order chi connectivity index (χ1) is 12.2. The Hall–Kier alpha value is -1.95. The van der Waals surface area contributed by atoms with Crippen molar-refractivity contribution in [2.24, 2.45) is 11.8 Å². The first-order valence-corrected chi connectivity index (χ1v) is 9.22. The van der Waals surface area contributed by atoms with Crippen molar-refractivity contribution in [2.45, 2.75) is 19.3 Å². The summed E-state index contributed by atoms with van der Waals surface area (Å²) < 4.78 is 5.30. The highest BCUT2D eigenvalue weighted by molar-refractivity contribution is 5.74. The molecule has 0 saturated carbocycles. The molecule has 25 heavy (non-hydrogen) atoms. The molecule has 0 bridgehead atoms. The fraction of sp³-hybridized carbons (Fsp3) is 0.632. The van der Waals surface area contributed by atoms with Crippen LogP contribution in [0.4, 0.5) is 10.5 Å². The van der Waals surface area contributed by atoms with Gasteiger partial charge in [0.25, 0.3) is 0 Å². The predicted molar refractivity (Wildman–Crippen MR) is 98.1 cm³/mol. The fourth-order valence-corrected chi connectivity index (χ4v) is 3.78. The number of piperidine rings is 1. The smallest absolute Gasteiger partial charge is 0.317 e. The van der Waals surface area contributed by atoms with Crippen molar-refractivity contribution in [3.8, 4) is 5.75 Å². The maximum absolute atomic E-state index is 12.4. The minimum absolute atomic E-state index is 0.0120. The average molecular weight is 347 g/mol. The van der Waals surface area contributed by atoms with Crippen LogP contribution in [0.2, 0.25) is 0 Å². The Morgan fingerprint density at radius 1 is 1.28 bits per heavy atom. The third-order valence-electron chi connectivity index (χ3n) is 5.31. The van der Waals surface area contributed by atoms with E-state index in [-0.39, 0.29) is 18.6 Å². The SMILES string of the molecule is COc1cccc(N2CC[C@H](CNC(=O)N3CCC[C@@H](CO)C3)C2)c1. The number of carbonyl (C=O) groups excluding carboxylic acids is 1. The zero-order valence-electron chi connectivity index (χ0n) is 15.0. The van der Waals surface area contributed by atoms with Crippen molar-refractivity contribution in [3.05, 3.63) is 24.3 Å². The summed E-state index contributed by atoms with van der Waals surface area (Å²) in [6.07, 6.45) is 3.07. The summed E-state index contributed by atoms with van der Waals surface area (Å²) in [5, 5.41) is 12.4. The second-order valence-corrected chi connectivity index (χ2v) is 7.13. The van der Waals surface area contributed by atoms with E-state index in [0.717, 1.165) is 44.6 Å². The molecule has 0 aliphatic carbocycles. The number of likely N-dealkylation sites (tertiary alicyclic amines) is 1. The summed E-state index contributed by atoms with van der Waals surface area (Å²) in [5.74, 6) is 1.57. The molecule has 6 heteroatoms. The predicted octanol–water partition coefficient (Wildman–Crippen LogP) is 1.94. The van der Waals surface area contributed by atoms with Crippen molar-refractivity contribution in [3.63, 3.8) is 0 Å². The Labute approximate surface area is 149 Å². The van der Waals surface area contributed by atoms with Gasteiger partial charge in [-0.1, -0.05) is 6.07 Å². The van der Waals surface area contributed by atoms with Gasteiger partial charge in [-0.25, -0.2) is 4.79 Å². The molecule has 1 aromatic rings. The number of aliphatic hydroxyl groups excluding tert-OH is 1. The van der Waals surface area contributed by atoms with E-state index in [0.29, 0.717) is 19.0 Å². The molecular formula is C19H29N3O3. The number of methoxy groups -OCH3 is 1. The molecule has 0 radical (unpaired) electrons. The van der Waals surface area contributed by atoms with Crippen molar-refractivity contribution in [1.82, 2.24) is 10.2 Å². The van der Waals surface area contributed by atoms with Crippen molar-refractivity contribution in [1.29, 1.82) is 0 Å². The normalized spacial score (nSPS) is 23.6. The van der Waals surface area contributed by atoms with E-state index in [1.54, 1.807) is 7.11 Å². The standard InChI is InChI=1S/C19H29N3O3/c1-25-18-6-2-5-17(10-18)21-9-7-15(12-21)11-20-19(24)22-8-3-4-16(13-22)14-23/h2,5-6,10,15-16,23H,3-4,7-9,11-14H2,1H3,(H,20,24)/t15-,16-/m1/s1. The maximum atomic E-state index is 12.4. The number of amides is 2. The third kappa shape index (κ3) is 4.57. The van der Waals surface area contributed by atoms with Gasteiger partial charge in [-0.15, -0.1) is 0 Å². The summed E-state index contributed by atoms with van der Waals surface area (Å²) in [6, 6.07) is 8.14. The third-order valence-corrected chi connectivity index (χ3v) is 5.31. The van der Waals surface area contributed by atoms with Crippen molar-refractivity contribution >= 4 is 11.7 Å². The van der Waals surface area contributed by atoms with Crippen LogP contribution in [0.1, 0.15) is 19.3 Å². The number of hydrogen-bond donors (Lipinski definition) is 2. The Balaban J connectivity index is 1.46. The van der Waals surface area contributed by atoms with E-state index in [2.05, 4.69) is 22.3 Å². The number of urea groups is 1. The van der Waals surface area contributed by atoms with E-state index in [9.17, 15) is 9.90 Å². The van der Waals surface area contributed by atoms with Gasteiger partial charge in [-0.3, -0.25) is 0 Å². The largest absolute Gasteiger partial charge is 0.497 e. The highest BCUT2D eigenvalue weighted by Crippen LogP contribution is 2.26. The molecule has 2 N–H and O–H groups in total. The van der Waals surface area contributed by atoms with E-state index in [1.807, 2.05) is 17.0 Å². The van der Waals surface area contributed by atoms with Crippen molar-refractivity contribution < 1.29 is 14.6 Å². The van der Waals surface area contributed by atoms with Gasteiger partial charge in [-0.2, -0.15) is 0 Å². The van der Waals surface area contributed by atoms with E-state index >= 15 is 0 Å². The van der Waals surface area contributed by atoms with Crippen LogP contribution in [0.5, 0.6) is 5.75 Å². The van der Waals surface area contributed by atoms with Gasteiger partial charge >= 0.3 is 6.03 Å². The lowest BCUT2D eigenvalue weighted by molar-refractivity contribution is 0.129. The number of benzene rings is 1. The molecule has 0 unspecified atom stereocenters. The topological polar surface area (TPSA) is 65.0 Å². The number of hydrogen-bond acceptors (Lipinski definition) is 4. The van der Waals surface area contributed by atoms with E-state index < -0.39 is 0 Å². The second kappa shape index (κ2) is 8.43. The molecule has 2 amide bonds. The van der Waals surface area contributed by atoms with Crippen LogP contribution in [0.25, 0.3) is 0 Å². The average Bonchev–Trinajstić information content (AvgIpc) is 3.15. The van der Waals surface area contributed by atoms with E-state index in [4.69, 9.17) is 4.74 Å². The zero-order valence-corrected chi connectivity index (χ0v) is 15.0. The molecule has 2 saturated heterocycles. The Morgan fingerprint density at radius 2 is 2.16 bits per heavy atom. The van der Waals surface area contributed by atoms with Crippen molar-refractivity contribution in [2.75, 3.05) is 51.3 Å². The maximum Gasteiger partial charge on any atom is 0.317 e. The highest BCUT2D eigenvalue weighted by atomic mass is 16.5. The molecule has 2 fully saturated rings. The first-order valence-electron chi connectivity index (χ1n) is 9.22. The highest BCUT2D eigenvalue weighted by Gasteiger charge is 2.26. The number of ether oxygens (including phenoxy) is 1. The van der Waals surface area contributed by atoms with Crippen LogP contribution in [-0.4, -0.2) is 62.5 Å². The number of rotatable bonds is 5. The molecule has 6 nitrogen and oxygen atoms in total. The molecule has 2 atom stereocenters. The van der Waals surface area contributed by atoms with Crippen LogP contribution in [0.3, 0.4) is 0 Å². The molecule has 0 spiro atoms. The lowest BCUT2D eigenvalue weighted by Gasteiger charge is -2.32. The van der Waals surface area contributed by atoms with E-state index in [1.165, 1.54) is 5.69 Å². The molecule has 138 valence electrons. The number of aliphatic hydroxyl groups is 1. The van der Waals surface area contributed by atoms with Gasteiger partial charge in [0, 0.05) is 51.1 Å². The van der Waals surface area contributed by atoms with Crippen LogP contribution in [0.15, 0.2) is 24.3 Å². The number of nitrogens with zero attached hydrogens (tertiary/aromatic N) is 2. The van der Waals surface area contributed by atoms with Gasteiger partial charge in [0.1, 0.15) is 5.75 Å². The molecule has 2 aliphatic rings. The first kappa shape index (κ1) is 17.9. The molecular weight excluding hydrogens is 318 g/mol. The monoisotopic (exact) mass is 347 g/mol. The number of anilines is 1. The second-order valence-electron chi connectivity index (χ2n) is 7.13. The van der Waals surface area contributed by atoms with Gasteiger partial charge in [0.15, 0.2) is 0 Å². The Kier molecular flexibility index (Phi) is 6.02. The minimum Gasteiger partial charge on any atom is -0.497 e. The molecule has 2 aliphatic heterocycles. The van der Waals surface area contributed by atoms with Gasteiger partial charge in [0.2, 0.25) is 0 Å². The summed E-state index contributed by atoms with van der Waals surface area (Å²) in [4.78, 5) is 16.6. The Bertz CT molecular complexity index is 581. The van der Waals surface area contributed by atoms with Crippen LogP contribution >= 0.6 is 0 Å². The summed E-state index contributed by atoms with van der Waals surface area (Å²) in [6.45, 7) is 4.30. The number of nitrogens with one attached hydrogen (secondary N) is 1. The molecule has 1 aromatic carbocycles. The zero-order chi connectivity index (χ0) is 17.6. The minimum atomic E-state index is 0.0120. The number of carbonyl (C=O) groups is 1. The summed E-state index contributed by atoms with van der Waals surface area (Å²) in [5.41, 5.74) is 1.18. The van der Waals surface area contributed by atoms with Crippen LogP contribution in [-0.2, 0) is 0 Å². The van der Waals surface area contributed by atoms with Gasteiger partial charge in [0.05, 0.1) is 7.11 Å². The summed E-state index contributed by atoms with van der Waals surface area (Å²) >= 11 is 0. The molecule has 3 rings (SSSR count). The Morgan fingerprint density at radius 3 is 2.96 bits per heavy atom. The quantitative estimate of drug-likeness (QED) is 0.854. The lowest BCUT2D eigenvalue weighted by Crippen LogP contribution is -2.47. The van der Waals surface area contributed by atoms with Gasteiger partial charge in [-0.05, 0) is 43.2 Å². The lowest BCUT2D eigenvalue weighted by atomic mass is 9.99. The molecule has 0 aromatic heterocycles. The molecule has 2 heterocycles. The summed E-state index contributed by atoms with van der Waals surface area (Å²) in [7, 11) is 1.68. The van der Waals surface area contributed by atoms with Gasteiger partial charge < -0.3 is 25.0 Å². The van der Waals surface area contributed by atoms with Crippen LogP contribution < -0.4 is 15.0 Å².